The average Bonchev–Trinajstić information content (AvgIpc) is 2.80. The molecule has 4 nitrogen and oxygen atoms in total. The molecule has 1 heterocycles. The summed E-state index contributed by atoms with van der Waals surface area (Å²) in [6, 6.07) is 7.67. The Balaban J connectivity index is 1.86. The van der Waals surface area contributed by atoms with Crippen LogP contribution in [0.2, 0.25) is 5.02 Å². The molecular formula is C14H19ClN4. The fraction of sp³-hybridized carbons (Fsp3) is 0.429. The van der Waals surface area contributed by atoms with E-state index in [1.807, 2.05) is 24.3 Å². The molecular weight excluding hydrogens is 260 g/mol. The van der Waals surface area contributed by atoms with E-state index in [9.17, 15) is 0 Å². The lowest BCUT2D eigenvalue weighted by Gasteiger charge is -2.11. The maximum Gasteiger partial charge on any atom is 0.155 e. The summed E-state index contributed by atoms with van der Waals surface area (Å²) in [7, 11) is 0. The maximum absolute atomic E-state index is 5.84. The van der Waals surface area contributed by atoms with Gasteiger partial charge in [-0.05, 0) is 24.3 Å². The Bertz CT molecular complexity index is 525. The van der Waals surface area contributed by atoms with Crippen LogP contribution in [0, 0.1) is 0 Å². The number of aromatic nitrogens is 3. The number of hydrogen-bond donors (Lipinski definition) is 2. The van der Waals surface area contributed by atoms with Gasteiger partial charge in [0.05, 0.1) is 0 Å². The third kappa shape index (κ3) is 3.96. The number of H-pyrrole nitrogens is 1. The van der Waals surface area contributed by atoms with Crippen molar-refractivity contribution in [1.82, 2.24) is 15.2 Å². The van der Waals surface area contributed by atoms with Gasteiger partial charge in [0.25, 0.3) is 0 Å². The van der Waals surface area contributed by atoms with Crippen LogP contribution in [-0.4, -0.2) is 21.7 Å². The molecule has 0 aliphatic heterocycles. The van der Waals surface area contributed by atoms with Crippen LogP contribution in [0.25, 0.3) is 0 Å². The van der Waals surface area contributed by atoms with Gasteiger partial charge in [-0.3, -0.25) is 5.10 Å². The molecule has 0 atom stereocenters. The third-order valence-electron chi connectivity index (χ3n) is 2.74. The van der Waals surface area contributed by atoms with Crippen molar-refractivity contribution in [2.45, 2.75) is 32.6 Å². The molecule has 0 bridgehead atoms. The van der Waals surface area contributed by atoms with Crippen molar-refractivity contribution in [2.24, 2.45) is 0 Å². The van der Waals surface area contributed by atoms with Crippen LogP contribution in [0.4, 0.5) is 5.69 Å². The highest BCUT2D eigenvalue weighted by Crippen LogP contribution is 2.17. The van der Waals surface area contributed by atoms with Gasteiger partial charge < -0.3 is 5.32 Å². The quantitative estimate of drug-likeness (QED) is 0.901. The highest BCUT2D eigenvalue weighted by molar-refractivity contribution is 6.30. The molecule has 1 aromatic carbocycles. The van der Waals surface area contributed by atoms with Crippen molar-refractivity contribution in [3.63, 3.8) is 0 Å². The molecule has 5 heteroatoms. The summed E-state index contributed by atoms with van der Waals surface area (Å²) >= 11 is 5.84. The van der Waals surface area contributed by atoms with Crippen LogP contribution in [0.5, 0.6) is 0 Å². The molecule has 102 valence electrons. The Hall–Kier alpha value is -1.55. The number of anilines is 1. The fourth-order valence-electron chi connectivity index (χ4n) is 1.64. The standard InChI is InChI=1S/C14H19ClN4/c1-14(2,3)13-17-12(18-19-13)8-9-16-11-6-4-10(15)5-7-11/h4-7,16H,8-9H2,1-3H3,(H,17,18,19). The number of benzene rings is 1. The van der Waals surface area contributed by atoms with E-state index < -0.39 is 0 Å². The first kappa shape index (κ1) is 13.9. The zero-order valence-electron chi connectivity index (χ0n) is 11.5. The molecule has 2 N–H and O–H groups in total. The van der Waals surface area contributed by atoms with E-state index in [1.165, 1.54) is 0 Å². The molecule has 0 saturated heterocycles. The van der Waals surface area contributed by atoms with Gasteiger partial charge in [0.15, 0.2) is 5.82 Å². The van der Waals surface area contributed by atoms with Gasteiger partial charge in [-0.1, -0.05) is 32.4 Å². The number of nitrogens with one attached hydrogen (secondary N) is 2. The first-order valence-corrected chi connectivity index (χ1v) is 6.74. The zero-order valence-corrected chi connectivity index (χ0v) is 12.3. The number of rotatable bonds is 4. The van der Waals surface area contributed by atoms with Crippen LogP contribution < -0.4 is 5.32 Å². The largest absolute Gasteiger partial charge is 0.385 e. The molecule has 2 rings (SSSR count). The van der Waals surface area contributed by atoms with E-state index >= 15 is 0 Å². The summed E-state index contributed by atoms with van der Waals surface area (Å²) in [6.07, 6.45) is 0.811. The number of hydrogen-bond acceptors (Lipinski definition) is 3. The number of halogens is 1. The lowest BCUT2D eigenvalue weighted by Crippen LogP contribution is -2.13. The summed E-state index contributed by atoms with van der Waals surface area (Å²) < 4.78 is 0. The third-order valence-corrected chi connectivity index (χ3v) is 2.99. The second kappa shape index (κ2) is 5.61. The van der Waals surface area contributed by atoms with Gasteiger partial charge in [-0.2, -0.15) is 5.10 Å². The molecule has 0 amide bonds. The van der Waals surface area contributed by atoms with Gasteiger partial charge in [0, 0.05) is 29.1 Å². The van der Waals surface area contributed by atoms with E-state index in [4.69, 9.17) is 11.6 Å². The molecule has 0 spiro atoms. The molecule has 0 aliphatic carbocycles. The van der Waals surface area contributed by atoms with Crippen molar-refractivity contribution < 1.29 is 0 Å². The molecule has 0 fully saturated rings. The van der Waals surface area contributed by atoms with E-state index in [1.54, 1.807) is 0 Å². The predicted molar refractivity (Wildman–Crippen MR) is 78.7 cm³/mol. The summed E-state index contributed by atoms with van der Waals surface area (Å²) in [5, 5.41) is 11.3. The van der Waals surface area contributed by atoms with Gasteiger partial charge in [-0.25, -0.2) is 4.98 Å². The van der Waals surface area contributed by atoms with E-state index in [0.717, 1.165) is 35.3 Å². The second-order valence-corrected chi connectivity index (χ2v) is 5.98. The number of nitrogens with zero attached hydrogens (tertiary/aromatic N) is 2. The Morgan fingerprint density at radius 1 is 1.21 bits per heavy atom. The van der Waals surface area contributed by atoms with Crippen LogP contribution in [-0.2, 0) is 11.8 Å². The Labute approximate surface area is 118 Å². The minimum absolute atomic E-state index is 0.0155. The van der Waals surface area contributed by atoms with Gasteiger partial charge in [0.1, 0.15) is 5.82 Å². The van der Waals surface area contributed by atoms with Gasteiger partial charge in [-0.15, -0.1) is 0 Å². The zero-order chi connectivity index (χ0) is 13.9. The van der Waals surface area contributed by atoms with Crippen molar-refractivity contribution in [2.75, 3.05) is 11.9 Å². The van der Waals surface area contributed by atoms with Crippen LogP contribution >= 0.6 is 11.6 Å². The predicted octanol–water partition coefficient (Wildman–Crippen LogP) is 3.41. The minimum atomic E-state index is -0.0155. The Morgan fingerprint density at radius 2 is 1.89 bits per heavy atom. The molecule has 0 unspecified atom stereocenters. The maximum atomic E-state index is 5.84. The first-order chi connectivity index (χ1) is 8.95. The van der Waals surface area contributed by atoms with Crippen LogP contribution in [0.1, 0.15) is 32.4 Å². The van der Waals surface area contributed by atoms with Gasteiger partial charge in [0.2, 0.25) is 0 Å². The lowest BCUT2D eigenvalue weighted by atomic mass is 9.96. The smallest absolute Gasteiger partial charge is 0.155 e. The van der Waals surface area contributed by atoms with E-state index in [-0.39, 0.29) is 5.41 Å². The topological polar surface area (TPSA) is 53.6 Å². The number of aromatic amines is 1. The van der Waals surface area contributed by atoms with E-state index in [0.29, 0.717) is 0 Å². The fourth-order valence-corrected chi connectivity index (χ4v) is 1.76. The highest BCUT2D eigenvalue weighted by Gasteiger charge is 2.18. The lowest BCUT2D eigenvalue weighted by molar-refractivity contribution is 0.547. The van der Waals surface area contributed by atoms with Gasteiger partial charge >= 0.3 is 0 Å². The van der Waals surface area contributed by atoms with Crippen molar-refractivity contribution >= 4 is 17.3 Å². The summed E-state index contributed by atoms with van der Waals surface area (Å²) in [5.74, 6) is 1.76. The molecule has 2 aromatic rings. The summed E-state index contributed by atoms with van der Waals surface area (Å²) in [5.41, 5.74) is 1.04. The van der Waals surface area contributed by atoms with Crippen molar-refractivity contribution in [1.29, 1.82) is 0 Å². The second-order valence-electron chi connectivity index (χ2n) is 5.54. The first-order valence-electron chi connectivity index (χ1n) is 6.36. The summed E-state index contributed by atoms with van der Waals surface area (Å²) in [6.45, 7) is 7.12. The van der Waals surface area contributed by atoms with Crippen LogP contribution in [0.3, 0.4) is 0 Å². The minimum Gasteiger partial charge on any atom is -0.385 e. The molecule has 0 aliphatic rings. The highest BCUT2D eigenvalue weighted by atomic mass is 35.5. The van der Waals surface area contributed by atoms with Crippen molar-refractivity contribution in [3.05, 3.63) is 40.9 Å². The Kier molecular flexibility index (Phi) is 4.10. The normalized spacial score (nSPS) is 11.6. The average molecular weight is 279 g/mol. The molecule has 1 aromatic heterocycles. The Morgan fingerprint density at radius 3 is 2.47 bits per heavy atom. The van der Waals surface area contributed by atoms with Crippen molar-refractivity contribution in [3.8, 4) is 0 Å². The molecule has 19 heavy (non-hydrogen) atoms. The van der Waals surface area contributed by atoms with Crippen LogP contribution in [0.15, 0.2) is 24.3 Å². The summed E-state index contributed by atoms with van der Waals surface area (Å²) in [4.78, 5) is 4.50. The molecule has 0 saturated carbocycles. The molecule has 0 radical (unpaired) electrons. The van der Waals surface area contributed by atoms with E-state index in [2.05, 4.69) is 41.3 Å². The monoisotopic (exact) mass is 278 g/mol. The SMILES string of the molecule is CC(C)(C)c1n[nH]c(CCNc2ccc(Cl)cc2)n1.